The van der Waals surface area contributed by atoms with Crippen molar-refractivity contribution in [3.63, 3.8) is 0 Å². The molecule has 0 unspecified atom stereocenters. The number of benzene rings is 1. The largest absolute Gasteiger partial charge is 0.522 e. The summed E-state index contributed by atoms with van der Waals surface area (Å²) in [6.07, 6.45) is -4.88. The molecule has 2 aromatic rings. The monoisotopic (exact) mass is 556 g/mol. The minimum absolute atomic E-state index is 0.0201. The molecule has 2 heterocycles. The minimum atomic E-state index is -5.07. The summed E-state index contributed by atoms with van der Waals surface area (Å²) in [7, 11) is 0. The topological polar surface area (TPSA) is 140 Å². The summed E-state index contributed by atoms with van der Waals surface area (Å²) in [5.74, 6) is -4.60. The number of nitrogens with zero attached hydrogens (tertiary/aromatic N) is 1. The number of ketones is 1. The van der Waals surface area contributed by atoms with Gasteiger partial charge in [0, 0.05) is 18.5 Å². The van der Waals surface area contributed by atoms with Crippen LogP contribution in [0.3, 0.4) is 0 Å². The minimum Gasteiger partial charge on any atom is -0.356 e. The van der Waals surface area contributed by atoms with Gasteiger partial charge in [-0.1, -0.05) is 31.1 Å². The molecule has 1 aromatic heterocycles. The van der Waals surface area contributed by atoms with Crippen molar-refractivity contribution in [2.75, 3.05) is 13.2 Å². The lowest BCUT2D eigenvalue weighted by Gasteiger charge is -2.25. The normalized spacial score (nSPS) is 17.0. The highest BCUT2D eigenvalue weighted by molar-refractivity contribution is 5.98. The van der Waals surface area contributed by atoms with E-state index in [1.807, 2.05) is 0 Å². The van der Waals surface area contributed by atoms with Gasteiger partial charge in [0.15, 0.2) is 17.2 Å². The molecule has 3 N–H and O–H groups in total. The molecule has 0 bridgehead atoms. The van der Waals surface area contributed by atoms with Gasteiger partial charge in [0.05, 0.1) is 11.6 Å². The van der Waals surface area contributed by atoms with E-state index in [2.05, 4.69) is 25.8 Å². The fraction of sp³-hybridized carbons (Fsp3) is 0.480. The summed E-state index contributed by atoms with van der Waals surface area (Å²) < 4.78 is 60.3. The van der Waals surface area contributed by atoms with Gasteiger partial charge in [-0.2, -0.15) is 0 Å². The van der Waals surface area contributed by atoms with Crippen LogP contribution in [-0.2, 0) is 19.1 Å². The fourth-order valence-electron chi connectivity index (χ4n) is 4.06. The standard InChI is InChI=1S/C25H28F4N4O6/c1-13(2)9-18(32-24(37)19-11-21(39-33-19)15-5-3-4-6-16(15)26)23(36)31-17(10-14-7-8-30-22(14)35)20(34)12-38-25(27,28)29/h3-6,11,13-14,17-18H,7-10,12H2,1-2H3,(H,30,35)(H,31,36)(H,32,37)/t14-,17-,18-/m0/s1. The van der Waals surface area contributed by atoms with Gasteiger partial charge in [-0.25, -0.2) is 4.39 Å². The van der Waals surface area contributed by atoms with E-state index in [-0.39, 0.29) is 41.7 Å². The highest BCUT2D eigenvalue weighted by Crippen LogP contribution is 2.24. The van der Waals surface area contributed by atoms with Gasteiger partial charge in [0.1, 0.15) is 18.5 Å². The van der Waals surface area contributed by atoms with E-state index in [0.29, 0.717) is 13.0 Å². The Labute approximate surface area is 220 Å². The van der Waals surface area contributed by atoms with Crippen LogP contribution in [0.4, 0.5) is 17.6 Å². The molecule has 1 fully saturated rings. The molecule has 14 heteroatoms. The Balaban J connectivity index is 1.74. The number of halogens is 4. The SMILES string of the molecule is CC(C)C[C@H](NC(=O)c1cc(-c2ccccc2F)on1)C(=O)N[C@@H](C[C@@H]1CCNC1=O)C(=O)COC(F)(F)F. The summed E-state index contributed by atoms with van der Waals surface area (Å²) in [6.45, 7) is 2.50. The Morgan fingerprint density at radius 2 is 1.90 bits per heavy atom. The van der Waals surface area contributed by atoms with Crippen molar-refractivity contribution in [3.05, 3.63) is 41.8 Å². The molecule has 39 heavy (non-hydrogen) atoms. The predicted molar refractivity (Wildman–Crippen MR) is 127 cm³/mol. The summed E-state index contributed by atoms with van der Waals surface area (Å²) in [6, 6.07) is 4.17. The first kappa shape index (κ1) is 29.7. The second-order valence-corrected chi connectivity index (χ2v) is 9.49. The number of ether oxygens (including phenoxy) is 1. The molecular weight excluding hydrogens is 528 g/mol. The van der Waals surface area contributed by atoms with Crippen molar-refractivity contribution < 1.29 is 46.0 Å². The Bertz CT molecular complexity index is 1200. The van der Waals surface area contributed by atoms with Crippen molar-refractivity contribution >= 4 is 23.5 Å². The van der Waals surface area contributed by atoms with Crippen LogP contribution in [0.5, 0.6) is 0 Å². The average molecular weight is 557 g/mol. The molecule has 212 valence electrons. The number of carbonyl (C=O) groups excluding carboxylic acids is 4. The van der Waals surface area contributed by atoms with Crippen LogP contribution >= 0.6 is 0 Å². The second kappa shape index (κ2) is 12.8. The lowest BCUT2D eigenvalue weighted by atomic mass is 9.95. The molecule has 0 aliphatic carbocycles. The molecule has 3 atom stereocenters. The van der Waals surface area contributed by atoms with E-state index in [1.54, 1.807) is 19.9 Å². The van der Waals surface area contributed by atoms with Crippen molar-refractivity contribution in [1.82, 2.24) is 21.1 Å². The van der Waals surface area contributed by atoms with Gasteiger partial charge in [0.2, 0.25) is 11.8 Å². The number of rotatable bonds is 12. The van der Waals surface area contributed by atoms with Crippen LogP contribution in [0.15, 0.2) is 34.9 Å². The smallest absolute Gasteiger partial charge is 0.356 e. The zero-order valence-corrected chi connectivity index (χ0v) is 21.1. The van der Waals surface area contributed by atoms with E-state index < -0.39 is 54.4 Å². The summed E-state index contributed by atoms with van der Waals surface area (Å²) in [5.41, 5.74) is -0.178. The van der Waals surface area contributed by atoms with Crippen LogP contribution < -0.4 is 16.0 Å². The molecule has 10 nitrogen and oxygen atoms in total. The molecular formula is C25H28F4N4O6. The Kier molecular flexibility index (Phi) is 9.78. The van der Waals surface area contributed by atoms with E-state index in [4.69, 9.17) is 4.52 Å². The number of hydrogen-bond donors (Lipinski definition) is 3. The molecule has 0 spiro atoms. The highest BCUT2D eigenvalue weighted by Gasteiger charge is 2.36. The van der Waals surface area contributed by atoms with Crippen molar-refractivity contribution in [2.45, 2.75) is 51.6 Å². The van der Waals surface area contributed by atoms with Gasteiger partial charge in [-0.05, 0) is 37.3 Å². The van der Waals surface area contributed by atoms with Crippen LogP contribution in [0.1, 0.15) is 43.6 Å². The Morgan fingerprint density at radius 1 is 1.18 bits per heavy atom. The van der Waals surface area contributed by atoms with Gasteiger partial charge in [0.25, 0.3) is 5.91 Å². The first-order valence-corrected chi connectivity index (χ1v) is 12.2. The zero-order valence-electron chi connectivity index (χ0n) is 21.1. The highest BCUT2D eigenvalue weighted by atomic mass is 19.4. The number of aromatic nitrogens is 1. The van der Waals surface area contributed by atoms with Crippen LogP contribution in [-0.4, -0.2) is 60.3 Å². The van der Waals surface area contributed by atoms with E-state index in [0.717, 1.165) is 0 Å². The third kappa shape index (κ3) is 8.60. The van der Waals surface area contributed by atoms with Gasteiger partial charge < -0.3 is 20.5 Å². The van der Waals surface area contributed by atoms with Gasteiger partial charge in [-0.15, -0.1) is 13.2 Å². The second-order valence-electron chi connectivity index (χ2n) is 9.49. The quantitative estimate of drug-likeness (QED) is 0.342. The fourth-order valence-corrected chi connectivity index (χ4v) is 4.06. The van der Waals surface area contributed by atoms with Gasteiger partial charge >= 0.3 is 6.36 Å². The number of amides is 3. The summed E-state index contributed by atoms with van der Waals surface area (Å²) >= 11 is 0. The summed E-state index contributed by atoms with van der Waals surface area (Å²) in [4.78, 5) is 50.6. The van der Waals surface area contributed by atoms with Crippen molar-refractivity contribution in [1.29, 1.82) is 0 Å². The Morgan fingerprint density at radius 3 is 2.51 bits per heavy atom. The molecule has 1 saturated heterocycles. The third-order valence-corrected chi connectivity index (χ3v) is 5.98. The molecule has 0 saturated carbocycles. The number of carbonyl (C=O) groups is 4. The lowest BCUT2D eigenvalue weighted by Crippen LogP contribution is -2.53. The number of alkyl halides is 3. The summed E-state index contributed by atoms with van der Waals surface area (Å²) in [5, 5.41) is 11.0. The maximum atomic E-state index is 14.1. The van der Waals surface area contributed by atoms with E-state index >= 15 is 0 Å². The first-order valence-electron chi connectivity index (χ1n) is 12.2. The number of nitrogens with one attached hydrogen (secondary N) is 3. The first-order chi connectivity index (χ1) is 18.3. The molecule has 3 amide bonds. The van der Waals surface area contributed by atoms with Crippen LogP contribution in [0, 0.1) is 17.7 Å². The molecule has 1 aliphatic rings. The lowest BCUT2D eigenvalue weighted by molar-refractivity contribution is -0.321. The molecule has 0 radical (unpaired) electrons. The number of hydrogen-bond acceptors (Lipinski definition) is 7. The van der Waals surface area contributed by atoms with E-state index in [1.165, 1.54) is 24.3 Å². The third-order valence-electron chi connectivity index (χ3n) is 5.98. The zero-order chi connectivity index (χ0) is 28.7. The molecule has 1 aromatic carbocycles. The maximum Gasteiger partial charge on any atom is 0.522 e. The molecule has 3 rings (SSSR count). The maximum absolute atomic E-state index is 14.1. The Hall–Kier alpha value is -3.81. The van der Waals surface area contributed by atoms with Gasteiger partial charge in [-0.3, -0.25) is 23.9 Å². The van der Waals surface area contributed by atoms with Crippen molar-refractivity contribution in [2.24, 2.45) is 11.8 Å². The van der Waals surface area contributed by atoms with Crippen molar-refractivity contribution in [3.8, 4) is 11.3 Å². The number of Topliss-reactive ketones (excluding diaryl/α,β-unsaturated/α-hetero) is 1. The van der Waals surface area contributed by atoms with Crippen LogP contribution in [0.25, 0.3) is 11.3 Å². The van der Waals surface area contributed by atoms with Crippen LogP contribution in [0.2, 0.25) is 0 Å². The predicted octanol–water partition coefficient (Wildman–Crippen LogP) is 2.74. The molecule has 1 aliphatic heterocycles. The average Bonchev–Trinajstić information content (AvgIpc) is 3.50. The van der Waals surface area contributed by atoms with E-state index in [9.17, 15) is 36.7 Å².